The largest absolute Gasteiger partial charge is 0.492 e. The number of carbonyl (C=O) groups is 1. The minimum absolute atomic E-state index is 0. The minimum Gasteiger partial charge on any atom is -0.492 e. The second kappa shape index (κ2) is 9.63. The van der Waals surface area contributed by atoms with Gasteiger partial charge in [0.25, 0.3) is 5.56 Å². The number of carbonyl (C=O) groups excluding carboxylic acids is 1. The molecule has 1 aliphatic carbocycles. The fourth-order valence-corrected chi connectivity index (χ4v) is 4.61. The van der Waals surface area contributed by atoms with Crippen molar-refractivity contribution < 1.29 is 18.7 Å². The van der Waals surface area contributed by atoms with Gasteiger partial charge in [-0.3, -0.25) is 9.36 Å². The van der Waals surface area contributed by atoms with E-state index in [0.717, 1.165) is 18.9 Å². The van der Waals surface area contributed by atoms with Gasteiger partial charge >= 0.3 is 11.8 Å². The van der Waals surface area contributed by atoms with E-state index in [2.05, 4.69) is 5.32 Å². The summed E-state index contributed by atoms with van der Waals surface area (Å²) in [5.74, 6) is 5.25. The fourth-order valence-electron chi connectivity index (χ4n) is 4.61. The number of ether oxygens (including phenoxy) is 2. The average Bonchev–Trinajstić information content (AvgIpc) is 3.45. The van der Waals surface area contributed by atoms with E-state index < -0.39 is 28.8 Å². The lowest BCUT2D eigenvalue weighted by Gasteiger charge is -2.26. The maximum atomic E-state index is 15.4. The van der Waals surface area contributed by atoms with E-state index in [1.54, 1.807) is 20.8 Å². The highest BCUT2D eigenvalue weighted by atomic mass is 32.1. The van der Waals surface area contributed by atoms with Crippen molar-refractivity contribution in [3.8, 4) is 5.75 Å². The molecule has 35 heavy (non-hydrogen) atoms. The lowest BCUT2D eigenvalue weighted by Crippen LogP contribution is -2.44. The van der Waals surface area contributed by atoms with Crippen molar-refractivity contribution in [2.75, 3.05) is 30.9 Å². The number of nitrogen functional groups attached to an aromatic ring is 1. The second-order valence-corrected chi connectivity index (χ2v) is 10.1. The Morgan fingerprint density at radius 3 is 2.49 bits per heavy atom. The summed E-state index contributed by atoms with van der Waals surface area (Å²) in [6, 6.07) is 0.817. The average molecular weight is 512 g/mol. The third kappa shape index (κ3) is 5.07. The Bertz CT molecular complexity index is 1250. The van der Waals surface area contributed by atoms with E-state index >= 15 is 4.39 Å². The number of nitrogens with zero attached hydrogens (tertiary/aromatic N) is 3. The van der Waals surface area contributed by atoms with Crippen LogP contribution in [0.3, 0.4) is 0 Å². The molecule has 1 aromatic carbocycles. The van der Waals surface area contributed by atoms with Crippen LogP contribution >= 0.6 is 13.5 Å². The van der Waals surface area contributed by atoms with Gasteiger partial charge in [-0.2, -0.15) is 18.2 Å². The van der Waals surface area contributed by atoms with Gasteiger partial charge in [-0.05, 0) is 58.9 Å². The summed E-state index contributed by atoms with van der Waals surface area (Å²) in [6.07, 6.45) is 1.74. The number of benzene rings is 1. The van der Waals surface area contributed by atoms with Crippen LogP contribution < -0.4 is 32.0 Å². The van der Waals surface area contributed by atoms with Crippen molar-refractivity contribution in [2.45, 2.75) is 64.6 Å². The Labute approximate surface area is 209 Å². The number of halogens is 1. The molecule has 2 fully saturated rings. The molecule has 0 unspecified atom stereocenters. The Hall–Kier alpha value is -2.89. The molecule has 1 aliphatic heterocycles. The standard InChI is InChI=1S/C23H32FN5O5.H2S/c1-12(26-21(31)34-23(2,3)4)13-8-9-27(11-13)18-16(24)10-15-17(19(18)33-5)28(14-6-7-14)22(32)29(25)20(15)30;/h10,12-14H,6-9,11,25H2,1-5H3,(H,26,31);1H2/t12-,13+;/m1./s1. The van der Waals surface area contributed by atoms with Gasteiger partial charge in [0.2, 0.25) is 0 Å². The van der Waals surface area contributed by atoms with E-state index in [0.29, 0.717) is 24.2 Å². The van der Waals surface area contributed by atoms with Gasteiger partial charge in [0, 0.05) is 25.2 Å². The maximum absolute atomic E-state index is 15.4. The Morgan fingerprint density at radius 1 is 1.26 bits per heavy atom. The number of nitrogens with one attached hydrogen (secondary N) is 1. The molecule has 2 heterocycles. The summed E-state index contributed by atoms with van der Waals surface area (Å²) in [7, 11) is 1.40. The summed E-state index contributed by atoms with van der Waals surface area (Å²) in [4.78, 5) is 39.5. The summed E-state index contributed by atoms with van der Waals surface area (Å²) in [5, 5.41) is 2.86. The second-order valence-electron chi connectivity index (χ2n) is 10.1. The lowest BCUT2D eigenvalue weighted by atomic mass is 10.0. The summed E-state index contributed by atoms with van der Waals surface area (Å²) in [6.45, 7) is 8.25. The van der Waals surface area contributed by atoms with Crippen molar-refractivity contribution in [3.05, 3.63) is 32.7 Å². The van der Waals surface area contributed by atoms with Crippen LogP contribution in [-0.4, -0.2) is 47.2 Å². The van der Waals surface area contributed by atoms with Gasteiger partial charge in [0.05, 0.1) is 12.5 Å². The monoisotopic (exact) mass is 511 g/mol. The summed E-state index contributed by atoms with van der Waals surface area (Å²) >= 11 is 0. The molecule has 1 saturated heterocycles. The zero-order valence-corrected chi connectivity index (χ0v) is 21.7. The first-order valence-corrected chi connectivity index (χ1v) is 11.5. The van der Waals surface area contributed by atoms with Gasteiger partial charge in [-0.15, -0.1) is 0 Å². The third-order valence-corrected chi connectivity index (χ3v) is 6.39. The predicted molar refractivity (Wildman–Crippen MR) is 137 cm³/mol. The van der Waals surface area contributed by atoms with Crippen LogP contribution in [0.15, 0.2) is 15.7 Å². The molecule has 4 rings (SSSR count). The van der Waals surface area contributed by atoms with Crippen molar-refractivity contribution in [2.24, 2.45) is 5.92 Å². The third-order valence-electron chi connectivity index (χ3n) is 6.39. The molecule has 12 heteroatoms. The highest BCUT2D eigenvalue weighted by molar-refractivity contribution is 7.59. The van der Waals surface area contributed by atoms with Crippen molar-refractivity contribution >= 4 is 36.2 Å². The SMILES string of the molecule is COc1c(N2CC[C@H]([C@@H](C)NC(=O)OC(C)(C)C)C2)c(F)cc2c(=O)n(N)c(=O)n(C3CC3)c12.S. The Kier molecular flexibility index (Phi) is 7.35. The minimum atomic E-state index is -0.768. The molecule has 10 nitrogen and oxygen atoms in total. The van der Waals surface area contributed by atoms with Crippen LogP contribution in [0.2, 0.25) is 0 Å². The quantitative estimate of drug-likeness (QED) is 0.591. The molecular formula is C23H34FN5O5S. The van der Waals surface area contributed by atoms with E-state index in [4.69, 9.17) is 15.3 Å². The van der Waals surface area contributed by atoms with E-state index in [-0.39, 0.29) is 53.8 Å². The molecule has 0 spiro atoms. The molecule has 2 atom stereocenters. The van der Waals surface area contributed by atoms with Gasteiger partial charge in [-0.1, -0.05) is 0 Å². The molecule has 1 saturated carbocycles. The van der Waals surface area contributed by atoms with E-state index in [1.807, 2.05) is 11.8 Å². The predicted octanol–water partition coefficient (Wildman–Crippen LogP) is 2.21. The zero-order valence-electron chi connectivity index (χ0n) is 20.7. The van der Waals surface area contributed by atoms with Gasteiger partial charge < -0.3 is 25.5 Å². The highest BCUT2D eigenvalue weighted by Crippen LogP contribution is 2.43. The topological polar surface area (TPSA) is 121 Å². The number of methoxy groups -OCH3 is 1. The smallest absolute Gasteiger partial charge is 0.407 e. The molecule has 3 N–H and O–H groups in total. The number of hydrogen-bond donors (Lipinski definition) is 2. The molecule has 2 aliphatic rings. The lowest BCUT2D eigenvalue weighted by molar-refractivity contribution is 0.0494. The molecule has 0 bridgehead atoms. The number of fused-ring (bicyclic) bond motifs is 1. The molecule has 1 amide bonds. The summed E-state index contributed by atoms with van der Waals surface area (Å²) < 4.78 is 28.3. The highest BCUT2D eigenvalue weighted by Gasteiger charge is 2.35. The molecule has 0 radical (unpaired) electrons. The van der Waals surface area contributed by atoms with Gasteiger partial charge in [-0.25, -0.2) is 14.0 Å². The Balaban J connectivity index is 0.00000342. The zero-order chi connectivity index (χ0) is 24.9. The number of anilines is 1. The van der Waals surface area contributed by atoms with Crippen molar-refractivity contribution in [1.29, 1.82) is 0 Å². The van der Waals surface area contributed by atoms with Crippen LogP contribution in [0, 0.1) is 11.7 Å². The van der Waals surface area contributed by atoms with Gasteiger partial charge in [0.15, 0.2) is 11.6 Å². The first-order chi connectivity index (χ1) is 15.9. The van der Waals surface area contributed by atoms with Crippen molar-refractivity contribution in [3.63, 3.8) is 0 Å². The van der Waals surface area contributed by atoms with Crippen LogP contribution in [0.5, 0.6) is 5.75 Å². The van der Waals surface area contributed by atoms with Crippen LogP contribution in [0.4, 0.5) is 14.9 Å². The first kappa shape index (κ1) is 26.7. The number of nitrogens with two attached hydrogens (primary N) is 1. The van der Waals surface area contributed by atoms with Crippen LogP contribution in [0.25, 0.3) is 10.9 Å². The molecule has 194 valence electrons. The number of alkyl carbamates (subject to hydrolysis) is 1. The van der Waals surface area contributed by atoms with Gasteiger partial charge in [0.1, 0.15) is 16.8 Å². The number of aromatic nitrogens is 2. The molecule has 1 aromatic heterocycles. The maximum Gasteiger partial charge on any atom is 0.407 e. The first-order valence-electron chi connectivity index (χ1n) is 11.5. The van der Waals surface area contributed by atoms with Crippen molar-refractivity contribution in [1.82, 2.24) is 14.6 Å². The molecule has 2 aromatic rings. The number of rotatable bonds is 5. The number of amides is 1. The van der Waals surface area contributed by atoms with E-state index in [9.17, 15) is 14.4 Å². The summed E-state index contributed by atoms with van der Waals surface area (Å²) in [5.41, 5.74) is -1.56. The normalized spacial score (nSPS) is 18.8. The van der Waals surface area contributed by atoms with Crippen LogP contribution in [-0.2, 0) is 4.74 Å². The Morgan fingerprint density at radius 2 is 1.91 bits per heavy atom. The van der Waals surface area contributed by atoms with E-state index in [1.165, 1.54) is 11.7 Å². The van der Waals surface area contributed by atoms with Crippen LogP contribution in [0.1, 0.15) is 53.0 Å². The molecular weight excluding hydrogens is 477 g/mol. The number of hydrogen-bond acceptors (Lipinski definition) is 7. The fraction of sp³-hybridized carbons (Fsp3) is 0.609.